The number of carbonyl (C=O) groups excluding carboxylic acids is 1. The van der Waals surface area contributed by atoms with Crippen LogP contribution in [0.5, 0.6) is 11.6 Å². The molecule has 2 aromatic carbocycles. The van der Waals surface area contributed by atoms with Crippen molar-refractivity contribution in [3.63, 3.8) is 0 Å². The number of hydrogen-bond donors (Lipinski definition) is 2. The first-order chi connectivity index (χ1) is 17.4. The molecule has 2 N–H and O–H groups in total. The quantitative estimate of drug-likeness (QED) is 0.382. The number of alkyl halides is 3. The predicted octanol–water partition coefficient (Wildman–Crippen LogP) is 3.96. The summed E-state index contributed by atoms with van der Waals surface area (Å²) in [4.78, 5) is 37.0. The number of fused-ring (bicyclic) bond motifs is 1. The van der Waals surface area contributed by atoms with Crippen LogP contribution < -0.4 is 15.7 Å². The molecular weight excluding hydrogens is 507 g/mol. The summed E-state index contributed by atoms with van der Waals surface area (Å²) in [5.41, 5.74) is 0.492. The summed E-state index contributed by atoms with van der Waals surface area (Å²) in [6.45, 7) is 0.168. The average Bonchev–Trinajstić information content (AvgIpc) is 3.08. The zero-order chi connectivity index (χ0) is 27.3. The van der Waals surface area contributed by atoms with Crippen molar-refractivity contribution in [3.8, 4) is 11.6 Å². The molecule has 0 fully saturated rings. The molecule has 0 aliphatic rings. The zero-order valence-corrected chi connectivity index (χ0v) is 18.8. The number of imidazole rings is 1. The number of rotatable bonds is 5. The van der Waals surface area contributed by atoms with Crippen LogP contribution in [0.25, 0.3) is 11.0 Å². The van der Waals surface area contributed by atoms with Crippen LogP contribution in [0.2, 0.25) is 0 Å². The molecule has 1 amide bonds. The van der Waals surface area contributed by atoms with E-state index in [0.29, 0.717) is 11.1 Å². The lowest BCUT2D eigenvalue weighted by Gasteiger charge is -2.08. The molecule has 0 saturated carbocycles. The molecular formula is C23H17F5N4O5. The number of carboxylic acid groups (broad SMARTS) is 1. The second-order valence-corrected chi connectivity index (χ2v) is 7.35. The normalized spacial score (nSPS) is 11.0. The highest BCUT2D eigenvalue weighted by atomic mass is 19.4. The number of para-hydroxylation sites is 1. The van der Waals surface area contributed by atoms with Crippen LogP contribution in [-0.4, -0.2) is 37.5 Å². The SMILES string of the molecule is Cn1c(=O)n(F)c2cc(C(=O)NCc3ccc(Oc4ccccc4F)nc3)ccc21.O=C(O)C(F)(F)F. The van der Waals surface area contributed by atoms with Gasteiger partial charge in [0.2, 0.25) is 5.88 Å². The average molecular weight is 524 g/mol. The summed E-state index contributed by atoms with van der Waals surface area (Å²) in [7, 11) is 1.45. The second kappa shape index (κ2) is 10.9. The maximum Gasteiger partial charge on any atom is 0.490 e. The Morgan fingerprint density at radius 1 is 1.08 bits per heavy atom. The third-order valence-electron chi connectivity index (χ3n) is 4.81. The van der Waals surface area contributed by atoms with E-state index >= 15 is 0 Å². The largest absolute Gasteiger partial charge is 0.490 e. The van der Waals surface area contributed by atoms with Crippen molar-refractivity contribution in [2.45, 2.75) is 12.7 Å². The van der Waals surface area contributed by atoms with Gasteiger partial charge in [0, 0.05) is 31.4 Å². The van der Waals surface area contributed by atoms with Crippen LogP contribution in [0.1, 0.15) is 15.9 Å². The Morgan fingerprint density at radius 2 is 1.76 bits per heavy atom. The van der Waals surface area contributed by atoms with E-state index in [0.717, 1.165) is 4.57 Å². The third-order valence-corrected chi connectivity index (χ3v) is 4.81. The van der Waals surface area contributed by atoms with Crippen molar-refractivity contribution >= 4 is 22.9 Å². The van der Waals surface area contributed by atoms with Crippen molar-refractivity contribution in [2.75, 3.05) is 0 Å². The molecule has 2 aromatic heterocycles. The minimum atomic E-state index is -5.08. The smallest absolute Gasteiger partial charge is 0.475 e. The van der Waals surface area contributed by atoms with Gasteiger partial charge in [-0.3, -0.25) is 9.36 Å². The number of aromatic nitrogens is 3. The molecule has 9 nitrogen and oxygen atoms in total. The Morgan fingerprint density at radius 3 is 2.35 bits per heavy atom. The maximum atomic E-state index is 13.9. The van der Waals surface area contributed by atoms with Crippen molar-refractivity contribution in [2.24, 2.45) is 7.05 Å². The van der Waals surface area contributed by atoms with E-state index in [9.17, 15) is 31.6 Å². The fourth-order valence-electron chi connectivity index (χ4n) is 2.94. The van der Waals surface area contributed by atoms with Gasteiger partial charge >= 0.3 is 17.8 Å². The van der Waals surface area contributed by atoms with Crippen LogP contribution in [0.3, 0.4) is 0 Å². The van der Waals surface area contributed by atoms with Gasteiger partial charge in [-0.05, 0) is 35.9 Å². The summed E-state index contributed by atoms with van der Waals surface area (Å²) in [6.07, 6.45) is -3.59. The van der Waals surface area contributed by atoms with Crippen molar-refractivity contribution in [3.05, 3.63) is 88.2 Å². The Labute approximate surface area is 204 Å². The fourth-order valence-corrected chi connectivity index (χ4v) is 2.94. The van der Waals surface area contributed by atoms with Gasteiger partial charge < -0.3 is 15.2 Å². The number of amides is 1. The van der Waals surface area contributed by atoms with Crippen molar-refractivity contribution in [1.29, 1.82) is 0 Å². The number of hydrogen-bond acceptors (Lipinski definition) is 5. The third kappa shape index (κ3) is 6.48. The first-order valence-electron chi connectivity index (χ1n) is 10.2. The highest BCUT2D eigenvalue weighted by Gasteiger charge is 2.38. The van der Waals surface area contributed by atoms with Crippen LogP contribution in [0.4, 0.5) is 22.0 Å². The predicted molar refractivity (Wildman–Crippen MR) is 119 cm³/mol. The summed E-state index contributed by atoms with van der Waals surface area (Å²) in [6, 6.07) is 13.6. The van der Waals surface area contributed by atoms with E-state index in [1.54, 1.807) is 24.3 Å². The van der Waals surface area contributed by atoms with Gasteiger partial charge in [-0.2, -0.15) is 13.2 Å². The number of carbonyl (C=O) groups is 2. The number of pyridine rings is 1. The Kier molecular flexibility index (Phi) is 7.90. The molecule has 37 heavy (non-hydrogen) atoms. The summed E-state index contributed by atoms with van der Waals surface area (Å²) >= 11 is 0. The monoisotopic (exact) mass is 524 g/mol. The van der Waals surface area contributed by atoms with Crippen LogP contribution in [-0.2, 0) is 18.4 Å². The first-order valence-corrected chi connectivity index (χ1v) is 10.2. The number of nitrogens with zero attached hydrogens (tertiary/aromatic N) is 3. The van der Waals surface area contributed by atoms with E-state index in [2.05, 4.69) is 10.3 Å². The van der Waals surface area contributed by atoms with Crippen molar-refractivity contribution in [1.82, 2.24) is 19.7 Å². The lowest BCUT2D eigenvalue weighted by Crippen LogP contribution is -2.22. The lowest BCUT2D eigenvalue weighted by atomic mass is 10.2. The second-order valence-electron chi connectivity index (χ2n) is 7.35. The van der Waals surface area contributed by atoms with E-state index in [1.165, 1.54) is 43.6 Å². The fraction of sp³-hybridized carbons (Fsp3) is 0.130. The van der Waals surface area contributed by atoms with Gasteiger partial charge in [0.1, 0.15) is 5.52 Å². The molecule has 0 aliphatic carbocycles. The molecule has 4 aromatic rings. The summed E-state index contributed by atoms with van der Waals surface area (Å²) < 4.78 is 65.8. The van der Waals surface area contributed by atoms with E-state index in [4.69, 9.17) is 14.6 Å². The molecule has 0 atom stereocenters. The minimum Gasteiger partial charge on any atom is -0.475 e. The van der Waals surface area contributed by atoms with E-state index in [1.807, 2.05) is 0 Å². The molecule has 4 rings (SSSR count). The maximum absolute atomic E-state index is 13.9. The van der Waals surface area contributed by atoms with Gasteiger partial charge in [-0.1, -0.05) is 22.7 Å². The number of nitrogens with one attached hydrogen (secondary N) is 1. The summed E-state index contributed by atoms with van der Waals surface area (Å²) in [5, 5.41) is 9.83. The van der Waals surface area contributed by atoms with Crippen molar-refractivity contribution < 1.29 is 41.5 Å². The van der Waals surface area contributed by atoms with Gasteiger partial charge in [-0.15, -0.1) is 4.79 Å². The highest BCUT2D eigenvalue weighted by Crippen LogP contribution is 2.22. The topological polar surface area (TPSA) is 115 Å². The molecule has 0 aliphatic heterocycles. The number of ether oxygens (including phenoxy) is 1. The van der Waals surface area contributed by atoms with Gasteiger partial charge in [0.05, 0.1) is 5.52 Å². The Balaban J connectivity index is 0.000000479. The number of carboxylic acids is 1. The van der Waals surface area contributed by atoms with Gasteiger partial charge in [-0.25, -0.2) is 19.0 Å². The van der Waals surface area contributed by atoms with Gasteiger partial charge in [0.15, 0.2) is 11.6 Å². The number of aryl methyl sites for hydroxylation is 1. The van der Waals surface area contributed by atoms with Crippen LogP contribution in [0, 0.1) is 5.82 Å². The molecule has 0 saturated heterocycles. The molecule has 0 bridgehead atoms. The molecule has 0 unspecified atom stereocenters. The van der Waals surface area contributed by atoms with Gasteiger partial charge in [0.25, 0.3) is 5.91 Å². The first kappa shape index (κ1) is 26.8. The number of aliphatic carboxylic acids is 1. The standard InChI is InChI=1S/C21H16F2N4O3.C2HF3O2/c1-26-16-8-7-14(10-17(16)27(23)21(26)29)20(28)25-12-13-6-9-19(24-11-13)30-18-5-3-2-4-15(18)22;3-2(4,5)1(6)7/h2-11H,12H2,1H3,(H,25,28);(H,6,7). The Hall–Kier alpha value is -4.75. The number of benzene rings is 2. The molecule has 0 spiro atoms. The zero-order valence-electron chi connectivity index (χ0n) is 18.8. The molecule has 2 heterocycles. The molecule has 14 heteroatoms. The van der Waals surface area contributed by atoms with Crippen LogP contribution >= 0.6 is 0 Å². The lowest BCUT2D eigenvalue weighted by molar-refractivity contribution is -0.192. The minimum absolute atomic E-state index is 0.00429. The molecule has 194 valence electrons. The molecule has 0 radical (unpaired) electrons. The van der Waals surface area contributed by atoms with E-state index in [-0.39, 0.29) is 34.0 Å². The van der Waals surface area contributed by atoms with E-state index < -0.39 is 29.6 Å². The van der Waals surface area contributed by atoms with Crippen LogP contribution in [0.15, 0.2) is 65.6 Å². The highest BCUT2D eigenvalue weighted by molar-refractivity contribution is 5.97. The number of halogens is 5. The Bertz CT molecular complexity index is 1500. The summed E-state index contributed by atoms with van der Waals surface area (Å²) in [5.74, 6) is -3.41.